The van der Waals surface area contributed by atoms with Crippen LogP contribution in [-0.4, -0.2) is 65.8 Å². The monoisotopic (exact) mass is 381 g/mol. The number of nitrogens with zero attached hydrogens (tertiary/aromatic N) is 1. The molecular weight excluding hydrogens is 342 g/mol. The van der Waals surface area contributed by atoms with Crippen molar-refractivity contribution in [2.45, 2.75) is 64.4 Å². The third-order valence-corrected chi connectivity index (χ3v) is 4.89. The molecule has 5 heteroatoms. The Morgan fingerprint density at radius 2 is 1.59 bits per heavy atom. The highest BCUT2D eigenvalue weighted by atomic mass is 16.5. The largest absolute Gasteiger partial charge is 0.491 e. The summed E-state index contributed by atoms with van der Waals surface area (Å²) in [6.07, 6.45) is 6.82. The summed E-state index contributed by atoms with van der Waals surface area (Å²) in [5.74, 6) is 1.38. The van der Waals surface area contributed by atoms with Crippen molar-refractivity contribution < 1.29 is 20.1 Å². The van der Waals surface area contributed by atoms with Crippen molar-refractivity contribution in [3.05, 3.63) is 29.8 Å². The van der Waals surface area contributed by atoms with Crippen LogP contribution in [0, 0.1) is 0 Å². The number of unbranched alkanes of at least 4 members (excludes halogenated alkanes) is 2. The zero-order valence-corrected chi connectivity index (χ0v) is 17.1. The van der Waals surface area contributed by atoms with Gasteiger partial charge in [-0.3, -0.25) is 4.90 Å². The number of ether oxygens (including phenoxy) is 1. The molecule has 1 rings (SSSR count). The highest BCUT2D eigenvalue weighted by Crippen LogP contribution is 2.28. The second-order valence-corrected chi connectivity index (χ2v) is 7.26. The molecule has 156 valence electrons. The average molecular weight is 382 g/mol. The first-order chi connectivity index (χ1) is 13.1. The van der Waals surface area contributed by atoms with Crippen LogP contribution in [0.1, 0.15) is 63.9 Å². The Labute approximate surface area is 165 Å². The van der Waals surface area contributed by atoms with E-state index in [1.165, 1.54) is 44.1 Å². The van der Waals surface area contributed by atoms with Crippen LogP contribution in [0.25, 0.3) is 0 Å². The lowest BCUT2D eigenvalue weighted by molar-refractivity contribution is 0.0552. The minimum Gasteiger partial charge on any atom is -0.491 e. The van der Waals surface area contributed by atoms with E-state index in [1.54, 1.807) is 0 Å². The van der Waals surface area contributed by atoms with Crippen molar-refractivity contribution in [2.24, 2.45) is 0 Å². The van der Waals surface area contributed by atoms with Gasteiger partial charge in [-0.15, -0.1) is 0 Å². The Bertz CT molecular complexity index is 460. The fourth-order valence-electron chi connectivity index (χ4n) is 3.42. The van der Waals surface area contributed by atoms with Crippen LogP contribution >= 0.6 is 0 Å². The average Bonchev–Trinajstić information content (AvgIpc) is 2.67. The summed E-state index contributed by atoms with van der Waals surface area (Å²) in [5, 5.41) is 28.2. The Morgan fingerprint density at radius 1 is 0.926 bits per heavy atom. The van der Waals surface area contributed by atoms with E-state index in [0.717, 1.165) is 5.75 Å². The van der Waals surface area contributed by atoms with E-state index in [-0.39, 0.29) is 19.8 Å². The van der Waals surface area contributed by atoms with E-state index in [0.29, 0.717) is 25.6 Å². The second kappa shape index (κ2) is 14.9. The van der Waals surface area contributed by atoms with E-state index in [9.17, 15) is 5.11 Å². The van der Waals surface area contributed by atoms with Crippen molar-refractivity contribution in [1.82, 2.24) is 4.90 Å². The van der Waals surface area contributed by atoms with Crippen LogP contribution < -0.4 is 4.74 Å². The number of hydrogen-bond acceptors (Lipinski definition) is 5. The van der Waals surface area contributed by atoms with Gasteiger partial charge < -0.3 is 20.1 Å². The maximum Gasteiger partial charge on any atom is 0.119 e. The molecule has 0 heterocycles. The maximum atomic E-state index is 10.1. The molecular formula is C22H39NO4. The number of benzene rings is 1. The molecule has 0 saturated carbocycles. The Morgan fingerprint density at radius 3 is 2.15 bits per heavy atom. The molecule has 0 saturated heterocycles. The summed E-state index contributed by atoms with van der Waals surface area (Å²) in [6, 6.07) is 8.28. The minimum absolute atomic E-state index is 0.00617. The summed E-state index contributed by atoms with van der Waals surface area (Å²) in [4.78, 5) is 1.82. The molecule has 27 heavy (non-hydrogen) atoms. The molecule has 0 aliphatic rings. The van der Waals surface area contributed by atoms with Crippen LogP contribution in [0.4, 0.5) is 0 Å². The lowest BCUT2D eigenvalue weighted by atomic mass is 9.89. The summed E-state index contributed by atoms with van der Waals surface area (Å²) >= 11 is 0. The van der Waals surface area contributed by atoms with Gasteiger partial charge in [0.15, 0.2) is 0 Å². The smallest absolute Gasteiger partial charge is 0.119 e. The standard InChI is InChI=1S/C22H39NO4/c1-3-5-6-8-19(7-4-2)20-9-11-22(12-10-20)27-18-21(26)17-23(13-15-24)14-16-25/h9-12,19,21,24-26H,3-8,13-18H2,1-2H3. The quantitative estimate of drug-likeness (QED) is 0.384. The molecule has 0 radical (unpaired) electrons. The summed E-state index contributed by atoms with van der Waals surface area (Å²) in [7, 11) is 0. The van der Waals surface area contributed by atoms with Gasteiger partial charge in [-0.25, -0.2) is 0 Å². The van der Waals surface area contributed by atoms with Crippen LogP contribution in [-0.2, 0) is 0 Å². The Hall–Kier alpha value is -1.14. The number of aliphatic hydroxyl groups is 3. The Balaban J connectivity index is 2.50. The third-order valence-electron chi connectivity index (χ3n) is 4.89. The molecule has 0 amide bonds. The van der Waals surface area contributed by atoms with Gasteiger partial charge in [0.2, 0.25) is 0 Å². The lowest BCUT2D eigenvalue weighted by Crippen LogP contribution is -2.38. The SMILES string of the molecule is CCCCCC(CCC)c1ccc(OCC(O)CN(CCO)CCO)cc1. The number of hydrogen-bond donors (Lipinski definition) is 3. The predicted octanol–water partition coefficient (Wildman–Crippen LogP) is 3.18. The van der Waals surface area contributed by atoms with Gasteiger partial charge in [-0.1, -0.05) is 51.7 Å². The molecule has 0 spiro atoms. The van der Waals surface area contributed by atoms with Crippen molar-refractivity contribution in [2.75, 3.05) is 39.5 Å². The van der Waals surface area contributed by atoms with E-state index < -0.39 is 6.10 Å². The minimum atomic E-state index is -0.662. The first-order valence-corrected chi connectivity index (χ1v) is 10.5. The van der Waals surface area contributed by atoms with Gasteiger partial charge in [0.1, 0.15) is 18.5 Å². The molecule has 0 fully saturated rings. The second-order valence-electron chi connectivity index (χ2n) is 7.26. The van der Waals surface area contributed by atoms with Gasteiger partial charge in [0.25, 0.3) is 0 Å². The zero-order chi connectivity index (χ0) is 19.9. The van der Waals surface area contributed by atoms with Crippen molar-refractivity contribution >= 4 is 0 Å². The summed E-state index contributed by atoms with van der Waals surface area (Å²) in [6.45, 7) is 5.92. The molecule has 2 atom stereocenters. The fourth-order valence-corrected chi connectivity index (χ4v) is 3.42. The molecule has 2 unspecified atom stereocenters. The lowest BCUT2D eigenvalue weighted by Gasteiger charge is -2.23. The molecule has 1 aromatic carbocycles. The van der Waals surface area contributed by atoms with Crippen molar-refractivity contribution in [3.63, 3.8) is 0 Å². The molecule has 0 aliphatic heterocycles. The fraction of sp³-hybridized carbons (Fsp3) is 0.727. The predicted molar refractivity (Wildman–Crippen MR) is 110 cm³/mol. The van der Waals surface area contributed by atoms with Gasteiger partial charge in [-0.05, 0) is 36.5 Å². The third kappa shape index (κ3) is 10.1. The molecule has 5 nitrogen and oxygen atoms in total. The van der Waals surface area contributed by atoms with Gasteiger partial charge in [0, 0.05) is 19.6 Å². The molecule has 3 N–H and O–H groups in total. The number of rotatable bonds is 16. The van der Waals surface area contributed by atoms with E-state index >= 15 is 0 Å². The first-order valence-electron chi connectivity index (χ1n) is 10.5. The van der Waals surface area contributed by atoms with E-state index in [4.69, 9.17) is 14.9 Å². The highest BCUT2D eigenvalue weighted by Gasteiger charge is 2.13. The maximum absolute atomic E-state index is 10.1. The summed E-state index contributed by atoms with van der Waals surface area (Å²) in [5.41, 5.74) is 1.37. The van der Waals surface area contributed by atoms with E-state index in [1.807, 2.05) is 17.0 Å². The first kappa shape index (κ1) is 23.9. The van der Waals surface area contributed by atoms with Gasteiger partial charge in [-0.2, -0.15) is 0 Å². The van der Waals surface area contributed by atoms with Crippen molar-refractivity contribution in [1.29, 1.82) is 0 Å². The Kier molecular flexibility index (Phi) is 13.2. The van der Waals surface area contributed by atoms with Crippen LogP contribution in [0.15, 0.2) is 24.3 Å². The normalized spacial score (nSPS) is 13.7. The zero-order valence-electron chi connectivity index (χ0n) is 17.1. The molecule has 0 aliphatic carbocycles. The van der Waals surface area contributed by atoms with E-state index in [2.05, 4.69) is 26.0 Å². The van der Waals surface area contributed by atoms with Gasteiger partial charge in [0.05, 0.1) is 13.2 Å². The van der Waals surface area contributed by atoms with Crippen LogP contribution in [0.2, 0.25) is 0 Å². The van der Waals surface area contributed by atoms with Crippen LogP contribution in [0.5, 0.6) is 5.75 Å². The molecule has 1 aromatic rings. The van der Waals surface area contributed by atoms with Crippen LogP contribution in [0.3, 0.4) is 0 Å². The molecule has 0 bridgehead atoms. The molecule has 0 aromatic heterocycles. The number of aliphatic hydroxyl groups excluding tert-OH is 3. The topological polar surface area (TPSA) is 73.2 Å². The summed E-state index contributed by atoms with van der Waals surface area (Å²) < 4.78 is 5.72. The van der Waals surface area contributed by atoms with Gasteiger partial charge >= 0.3 is 0 Å². The van der Waals surface area contributed by atoms with Crippen molar-refractivity contribution in [3.8, 4) is 5.75 Å². The highest BCUT2D eigenvalue weighted by molar-refractivity contribution is 5.29.